The Labute approximate surface area is 193 Å². The second kappa shape index (κ2) is 8.91. The largest absolute Gasteiger partial charge is 0.480 e. The van der Waals surface area contributed by atoms with Crippen LogP contribution in [0.4, 0.5) is 4.79 Å². The molecule has 1 aliphatic rings. The van der Waals surface area contributed by atoms with Crippen LogP contribution in [-0.2, 0) is 16.0 Å². The van der Waals surface area contributed by atoms with Crippen LogP contribution in [0.5, 0.6) is 0 Å². The molecule has 1 aliphatic carbocycles. The summed E-state index contributed by atoms with van der Waals surface area (Å²) in [7, 11) is 0. The first-order valence-corrected chi connectivity index (χ1v) is 11.3. The molecule has 0 aliphatic heterocycles. The lowest BCUT2D eigenvalue weighted by Crippen LogP contribution is -2.43. The molecular formula is C25H20N2O5S. The molecule has 166 valence electrons. The monoisotopic (exact) mass is 460 g/mol. The fourth-order valence-electron chi connectivity index (χ4n) is 4.13. The van der Waals surface area contributed by atoms with Crippen molar-refractivity contribution in [3.63, 3.8) is 0 Å². The van der Waals surface area contributed by atoms with Crippen LogP contribution in [0.3, 0.4) is 0 Å². The summed E-state index contributed by atoms with van der Waals surface area (Å²) in [6.07, 6.45) is -0.805. The predicted octanol–water partition coefficient (Wildman–Crippen LogP) is 4.94. The standard InChI is InChI=1S/C25H20N2O5S/c28-24(29)21(12-15-13-22(32-27-15)23-10-5-11-33-23)26-25(30)31-14-20-18-8-3-1-6-16(18)17-7-2-4-9-19(17)20/h1-11,13,20-21H,12,14H2,(H,26,30)(H,28,29). The second-order valence-corrected chi connectivity index (χ2v) is 8.67. The predicted molar refractivity (Wildman–Crippen MR) is 123 cm³/mol. The van der Waals surface area contributed by atoms with Crippen molar-refractivity contribution in [1.29, 1.82) is 0 Å². The van der Waals surface area contributed by atoms with Gasteiger partial charge < -0.3 is 19.7 Å². The Morgan fingerprint density at radius 2 is 1.76 bits per heavy atom. The van der Waals surface area contributed by atoms with E-state index >= 15 is 0 Å². The Balaban J connectivity index is 1.24. The van der Waals surface area contributed by atoms with E-state index in [1.165, 1.54) is 11.3 Å². The molecule has 2 N–H and O–H groups in total. The number of fused-ring (bicyclic) bond motifs is 3. The van der Waals surface area contributed by atoms with Gasteiger partial charge >= 0.3 is 12.1 Å². The third-order valence-corrected chi connectivity index (χ3v) is 6.55. The number of nitrogens with zero attached hydrogens (tertiary/aromatic N) is 1. The van der Waals surface area contributed by atoms with Gasteiger partial charge in [-0.1, -0.05) is 59.8 Å². The van der Waals surface area contributed by atoms with Gasteiger partial charge in [0.05, 0.1) is 10.6 Å². The maximum atomic E-state index is 12.5. The van der Waals surface area contributed by atoms with Crippen LogP contribution in [-0.4, -0.2) is 35.0 Å². The van der Waals surface area contributed by atoms with Crippen LogP contribution in [0.15, 0.2) is 76.6 Å². The maximum absolute atomic E-state index is 12.5. The zero-order chi connectivity index (χ0) is 22.8. The average Bonchev–Trinajstić information content (AvgIpc) is 3.56. The molecule has 8 heteroatoms. The van der Waals surface area contributed by atoms with Crippen molar-refractivity contribution in [2.75, 3.05) is 6.61 Å². The van der Waals surface area contributed by atoms with E-state index in [-0.39, 0.29) is 18.9 Å². The summed E-state index contributed by atoms with van der Waals surface area (Å²) >= 11 is 1.49. The average molecular weight is 461 g/mol. The molecule has 0 radical (unpaired) electrons. The van der Waals surface area contributed by atoms with E-state index in [2.05, 4.69) is 22.6 Å². The number of thiophene rings is 1. The van der Waals surface area contributed by atoms with Gasteiger partial charge in [-0.2, -0.15) is 0 Å². The molecule has 0 saturated heterocycles. The molecule has 1 unspecified atom stereocenters. The van der Waals surface area contributed by atoms with E-state index in [0.717, 1.165) is 27.1 Å². The molecule has 2 aromatic heterocycles. The number of amides is 1. The highest BCUT2D eigenvalue weighted by Gasteiger charge is 2.30. The van der Waals surface area contributed by atoms with Gasteiger partial charge in [-0.3, -0.25) is 0 Å². The number of aromatic nitrogens is 1. The van der Waals surface area contributed by atoms with E-state index in [1.807, 2.05) is 53.9 Å². The summed E-state index contributed by atoms with van der Waals surface area (Å²) in [6, 6.07) is 20.3. The minimum Gasteiger partial charge on any atom is -0.480 e. The Kier molecular flexibility index (Phi) is 5.66. The minimum atomic E-state index is -1.19. The summed E-state index contributed by atoms with van der Waals surface area (Å²) in [5.41, 5.74) is 4.86. The van der Waals surface area contributed by atoms with Crippen LogP contribution in [0, 0.1) is 0 Å². The van der Waals surface area contributed by atoms with E-state index in [9.17, 15) is 14.7 Å². The number of alkyl carbamates (subject to hydrolysis) is 1. The Bertz CT molecular complexity index is 1250. The lowest BCUT2D eigenvalue weighted by molar-refractivity contribution is -0.139. The van der Waals surface area contributed by atoms with Crippen molar-refractivity contribution in [1.82, 2.24) is 10.5 Å². The summed E-state index contributed by atoms with van der Waals surface area (Å²) in [6.45, 7) is 0.110. The highest BCUT2D eigenvalue weighted by molar-refractivity contribution is 7.13. The quantitative estimate of drug-likeness (QED) is 0.405. The number of hydrogen-bond acceptors (Lipinski definition) is 6. The molecule has 1 atom stereocenters. The van der Waals surface area contributed by atoms with E-state index in [1.54, 1.807) is 6.07 Å². The maximum Gasteiger partial charge on any atom is 0.407 e. The normalized spacial score (nSPS) is 13.2. The van der Waals surface area contributed by atoms with Gasteiger partial charge in [-0.15, -0.1) is 11.3 Å². The summed E-state index contributed by atoms with van der Waals surface area (Å²) < 4.78 is 10.8. The van der Waals surface area contributed by atoms with Gasteiger partial charge in [0.1, 0.15) is 12.6 Å². The molecule has 2 heterocycles. The third kappa shape index (κ3) is 4.25. The van der Waals surface area contributed by atoms with Crippen molar-refractivity contribution in [3.8, 4) is 21.8 Å². The van der Waals surface area contributed by atoms with Crippen LogP contribution in [0.1, 0.15) is 22.7 Å². The molecule has 1 amide bonds. The van der Waals surface area contributed by atoms with Crippen molar-refractivity contribution >= 4 is 23.4 Å². The highest BCUT2D eigenvalue weighted by Crippen LogP contribution is 2.44. The van der Waals surface area contributed by atoms with Crippen molar-refractivity contribution in [2.45, 2.75) is 18.4 Å². The van der Waals surface area contributed by atoms with Crippen LogP contribution < -0.4 is 5.32 Å². The summed E-state index contributed by atoms with van der Waals surface area (Å²) in [5, 5.41) is 17.9. The molecule has 0 bridgehead atoms. The molecule has 33 heavy (non-hydrogen) atoms. The van der Waals surface area contributed by atoms with Crippen LogP contribution in [0.25, 0.3) is 21.8 Å². The lowest BCUT2D eigenvalue weighted by atomic mass is 9.98. The van der Waals surface area contributed by atoms with E-state index < -0.39 is 18.1 Å². The first-order valence-electron chi connectivity index (χ1n) is 10.4. The van der Waals surface area contributed by atoms with Crippen molar-refractivity contribution in [2.24, 2.45) is 0 Å². The molecular weight excluding hydrogens is 440 g/mol. The number of carbonyl (C=O) groups excluding carboxylic acids is 1. The van der Waals surface area contributed by atoms with Crippen molar-refractivity contribution in [3.05, 3.63) is 88.9 Å². The molecule has 2 aromatic carbocycles. The van der Waals surface area contributed by atoms with Gasteiger partial charge in [0, 0.05) is 18.4 Å². The Morgan fingerprint density at radius 1 is 1.06 bits per heavy atom. The number of carboxylic acid groups (broad SMARTS) is 1. The van der Waals surface area contributed by atoms with Gasteiger partial charge in [-0.05, 0) is 33.7 Å². The molecule has 4 aromatic rings. The topological polar surface area (TPSA) is 102 Å². The zero-order valence-corrected chi connectivity index (χ0v) is 18.2. The number of hydrogen-bond donors (Lipinski definition) is 2. The second-order valence-electron chi connectivity index (χ2n) is 7.72. The number of nitrogens with one attached hydrogen (secondary N) is 1. The third-order valence-electron chi connectivity index (χ3n) is 5.67. The summed E-state index contributed by atoms with van der Waals surface area (Å²) in [4.78, 5) is 25.1. The lowest BCUT2D eigenvalue weighted by Gasteiger charge is -2.17. The molecule has 5 rings (SSSR count). The number of ether oxygens (including phenoxy) is 1. The number of carboxylic acids is 1. The SMILES string of the molecule is O=C(NC(Cc1cc(-c2cccs2)on1)C(=O)O)OCC1c2ccccc2-c2ccccc21. The minimum absolute atomic E-state index is 0.0194. The molecule has 0 saturated carbocycles. The highest BCUT2D eigenvalue weighted by atomic mass is 32.1. The Morgan fingerprint density at radius 3 is 2.39 bits per heavy atom. The van der Waals surface area contributed by atoms with Crippen LogP contribution >= 0.6 is 11.3 Å². The number of carbonyl (C=O) groups is 2. The smallest absolute Gasteiger partial charge is 0.407 e. The number of aliphatic carboxylic acids is 1. The number of rotatable bonds is 7. The van der Waals surface area contributed by atoms with Crippen molar-refractivity contribution < 1.29 is 24.0 Å². The van der Waals surface area contributed by atoms with Gasteiger partial charge in [-0.25, -0.2) is 9.59 Å². The first kappa shape index (κ1) is 21.0. The fourth-order valence-corrected chi connectivity index (χ4v) is 4.81. The molecule has 0 fully saturated rings. The molecule has 7 nitrogen and oxygen atoms in total. The van der Waals surface area contributed by atoms with Gasteiger partial charge in [0.2, 0.25) is 0 Å². The Hall–Kier alpha value is -3.91. The molecule has 0 spiro atoms. The van der Waals surface area contributed by atoms with Crippen LogP contribution in [0.2, 0.25) is 0 Å². The number of benzene rings is 2. The fraction of sp³-hybridized carbons (Fsp3) is 0.160. The van der Waals surface area contributed by atoms with Gasteiger partial charge in [0.25, 0.3) is 0 Å². The zero-order valence-electron chi connectivity index (χ0n) is 17.4. The first-order chi connectivity index (χ1) is 16.1. The van der Waals surface area contributed by atoms with E-state index in [4.69, 9.17) is 9.26 Å². The van der Waals surface area contributed by atoms with Gasteiger partial charge in [0.15, 0.2) is 5.76 Å². The van der Waals surface area contributed by atoms with E-state index in [0.29, 0.717) is 11.5 Å². The summed E-state index contributed by atoms with van der Waals surface area (Å²) in [5.74, 6) is -0.718.